The fourth-order valence-electron chi connectivity index (χ4n) is 2.46. The molecule has 27 heavy (non-hydrogen) atoms. The number of carbonyl (C=O) groups excluding carboxylic acids is 1. The first-order valence-corrected chi connectivity index (χ1v) is 8.83. The van der Waals surface area contributed by atoms with Crippen LogP contribution in [0, 0.1) is 5.82 Å². The second-order valence-electron chi connectivity index (χ2n) is 6.84. The standard InChI is InChI=1S/C19H19ClFN5O/c1-4-19(2,3)23-18(27)14-7-13(12-5-6-17(21)16(20)10-12)8-15(9-14)26-11-22-24-25-26/h5-11H,4H2,1-3H3,(H,23,27). The number of carbonyl (C=O) groups is 1. The number of nitrogens with one attached hydrogen (secondary N) is 1. The van der Waals surface area contributed by atoms with E-state index in [4.69, 9.17) is 11.6 Å². The van der Waals surface area contributed by atoms with Gasteiger partial charge in [0.05, 0.1) is 10.7 Å². The Morgan fingerprint density at radius 3 is 2.63 bits per heavy atom. The number of hydrogen-bond donors (Lipinski definition) is 1. The molecule has 0 aliphatic carbocycles. The van der Waals surface area contributed by atoms with Crippen LogP contribution in [-0.4, -0.2) is 31.7 Å². The summed E-state index contributed by atoms with van der Waals surface area (Å²) in [5.74, 6) is -0.717. The van der Waals surface area contributed by atoms with E-state index in [0.717, 1.165) is 6.42 Å². The Labute approximate surface area is 161 Å². The van der Waals surface area contributed by atoms with Crippen LogP contribution < -0.4 is 5.32 Å². The number of amides is 1. The van der Waals surface area contributed by atoms with Gasteiger partial charge in [0.25, 0.3) is 5.91 Å². The van der Waals surface area contributed by atoms with E-state index in [-0.39, 0.29) is 16.5 Å². The molecule has 0 aliphatic rings. The molecule has 3 aromatic rings. The number of nitrogens with zero attached hydrogens (tertiary/aromatic N) is 4. The fourth-order valence-corrected chi connectivity index (χ4v) is 2.64. The van der Waals surface area contributed by atoms with E-state index >= 15 is 0 Å². The van der Waals surface area contributed by atoms with Gasteiger partial charge in [-0.1, -0.05) is 24.6 Å². The van der Waals surface area contributed by atoms with Gasteiger partial charge in [-0.3, -0.25) is 4.79 Å². The van der Waals surface area contributed by atoms with Crippen LogP contribution >= 0.6 is 11.6 Å². The van der Waals surface area contributed by atoms with Gasteiger partial charge in [0, 0.05) is 11.1 Å². The quantitative estimate of drug-likeness (QED) is 0.717. The van der Waals surface area contributed by atoms with E-state index in [0.29, 0.717) is 22.4 Å². The highest BCUT2D eigenvalue weighted by Gasteiger charge is 2.20. The average molecular weight is 388 g/mol. The van der Waals surface area contributed by atoms with Crippen LogP contribution in [0.3, 0.4) is 0 Å². The molecule has 6 nitrogen and oxygen atoms in total. The first-order chi connectivity index (χ1) is 12.8. The van der Waals surface area contributed by atoms with Crippen molar-refractivity contribution in [1.82, 2.24) is 25.5 Å². The molecular formula is C19H19ClFN5O. The van der Waals surface area contributed by atoms with Crippen molar-refractivity contribution in [2.45, 2.75) is 32.7 Å². The van der Waals surface area contributed by atoms with Crippen LogP contribution in [0.15, 0.2) is 42.7 Å². The van der Waals surface area contributed by atoms with Gasteiger partial charge in [-0.2, -0.15) is 0 Å². The monoisotopic (exact) mass is 387 g/mol. The van der Waals surface area contributed by atoms with Crippen molar-refractivity contribution in [3.8, 4) is 16.8 Å². The molecule has 2 aromatic carbocycles. The van der Waals surface area contributed by atoms with Gasteiger partial charge < -0.3 is 5.32 Å². The summed E-state index contributed by atoms with van der Waals surface area (Å²) in [6.07, 6.45) is 2.22. The predicted molar refractivity (Wildman–Crippen MR) is 101 cm³/mol. The number of benzene rings is 2. The minimum absolute atomic E-state index is 0.0124. The summed E-state index contributed by atoms with van der Waals surface area (Å²) in [6.45, 7) is 5.91. The lowest BCUT2D eigenvalue weighted by molar-refractivity contribution is 0.0911. The zero-order chi connectivity index (χ0) is 19.6. The molecule has 0 saturated carbocycles. The molecule has 140 valence electrons. The van der Waals surface area contributed by atoms with Gasteiger partial charge in [0.1, 0.15) is 12.1 Å². The highest BCUT2D eigenvalue weighted by molar-refractivity contribution is 6.31. The van der Waals surface area contributed by atoms with Crippen molar-refractivity contribution in [2.24, 2.45) is 0 Å². The zero-order valence-corrected chi connectivity index (χ0v) is 16.0. The summed E-state index contributed by atoms with van der Waals surface area (Å²) >= 11 is 5.92. The molecule has 1 aromatic heterocycles. The maximum absolute atomic E-state index is 13.5. The molecule has 0 saturated heterocycles. The van der Waals surface area contributed by atoms with Crippen molar-refractivity contribution < 1.29 is 9.18 Å². The van der Waals surface area contributed by atoms with Crippen LogP contribution in [-0.2, 0) is 0 Å². The molecule has 0 atom stereocenters. The molecule has 0 unspecified atom stereocenters. The van der Waals surface area contributed by atoms with Gasteiger partial charge >= 0.3 is 0 Å². The SMILES string of the molecule is CCC(C)(C)NC(=O)c1cc(-c2ccc(F)c(Cl)c2)cc(-n2cnnn2)c1. The zero-order valence-electron chi connectivity index (χ0n) is 15.2. The average Bonchev–Trinajstić information content (AvgIpc) is 3.18. The molecule has 1 N–H and O–H groups in total. The Morgan fingerprint density at radius 2 is 2.00 bits per heavy atom. The van der Waals surface area contributed by atoms with E-state index in [1.165, 1.54) is 23.1 Å². The van der Waals surface area contributed by atoms with Crippen molar-refractivity contribution in [3.05, 3.63) is 59.1 Å². The number of halogens is 2. The molecule has 0 spiro atoms. The summed E-state index contributed by atoms with van der Waals surface area (Å²) in [5, 5.41) is 14.2. The normalized spacial score (nSPS) is 11.4. The summed E-state index contributed by atoms with van der Waals surface area (Å²) in [5.41, 5.74) is 2.09. The Bertz CT molecular complexity index is 972. The molecule has 0 aliphatic heterocycles. The number of tetrazole rings is 1. The van der Waals surface area contributed by atoms with Gasteiger partial charge in [-0.05, 0) is 72.2 Å². The summed E-state index contributed by atoms with van der Waals surface area (Å²) in [7, 11) is 0. The number of hydrogen-bond acceptors (Lipinski definition) is 4. The van der Waals surface area contributed by atoms with Crippen molar-refractivity contribution in [1.29, 1.82) is 0 Å². The van der Waals surface area contributed by atoms with E-state index in [1.807, 2.05) is 26.8 Å². The van der Waals surface area contributed by atoms with Crippen molar-refractivity contribution in [3.63, 3.8) is 0 Å². The van der Waals surface area contributed by atoms with Gasteiger partial charge in [-0.15, -0.1) is 5.10 Å². The maximum Gasteiger partial charge on any atom is 0.251 e. The first kappa shape index (κ1) is 19.0. The van der Waals surface area contributed by atoms with Crippen LogP contribution in [0.25, 0.3) is 16.8 Å². The molecule has 1 heterocycles. The lowest BCUT2D eigenvalue weighted by atomic mass is 9.99. The van der Waals surface area contributed by atoms with Crippen LogP contribution in [0.4, 0.5) is 4.39 Å². The van der Waals surface area contributed by atoms with Crippen molar-refractivity contribution >= 4 is 17.5 Å². The predicted octanol–water partition coefficient (Wildman–Crippen LogP) is 4.04. The highest BCUT2D eigenvalue weighted by atomic mass is 35.5. The topological polar surface area (TPSA) is 72.7 Å². The Morgan fingerprint density at radius 1 is 1.22 bits per heavy atom. The molecule has 0 fully saturated rings. The Balaban J connectivity index is 2.09. The van der Waals surface area contributed by atoms with Gasteiger partial charge in [-0.25, -0.2) is 9.07 Å². The molecule has 0 radical (unpaired) electrons. The van der Waals surface area contributed by atoms with E-state index in [1.54, 1.807) is 18.2 Å². The molecule has 0 bridgehead atoms. The molecule has 1 amide bonds. The minimum Gasteiger partial charge on any atom is -0.347 e. The van der Waals surface area contributed by atoms with Gasteiger partial charge in [0.2, 0.25) is 0 Å². The van der Waals surface area contributed by atoms with E-state index in [2.05, 4.69) is 20.8 Å². The minimum atomic E-state index is -0.500. The summed E-state index contributed by atoms with van der Waals surface area (Å²) < 4.78 is 15.0. The van der Waals surface area contributed by atoms with Crippen LogP contribution in [0.2, 0.25) is 5.02 Å². The second-order valence-corrected chi connectivity index (χ2v) is 7.25. The third-order valence-corrected chi connectivity index (χ3v) is 4.67. The van der Waals surface area contributed by atoms with Gasteiger partial charge in [0.15, 0.2) is 0 Å². The third kappa shape index (κ3) is 4.31. The lowest BCUT2D eigenvalue weighted by Gasteiger charge is -2.24. The smallest absolute Gasteiger partial charge is 0.251 e. The number of aromatic nitrogens is 4. The second kappa shape index (κ2) is 7.44. The fraction of sp³-hybridized carbons (Fsp3) is 0.263. The maximum atomic E-state index is 13.5. The first-order valence-electron chi connectivity index (χ1n) is 8.45. The highest BCUT2D eigenvalue weighted by Crippen LogP contribution is 2.28. The van der Waals surface area contributed by atoms with E-state index < -0.39 is 5.82 Å². The van der Waals surface area contributed by atoms with Crippen molar-refractivity contribution in [2.75, 3.05) is 0 Å². The molecule has 8 heteroatoms. The summed E-state index contributed by atoms with van der Waals surface area (Å²) in [4.78, 5) is 12.8. The molecule has 3 rings (SSSR count). The third-order valence-electron chi connectivity index (χ3n) is 4.38. The summed E-state index contributed by atoms with van der Waals surface area (Å²) in [6, 6.07) is 9.67. The van der Waals surface area contributed by atoms with Crippen LogP contribution in [0.1, 0.15) is 37.6 Å². The Hall–Kier alpha value is -2.80. The Kier molecular flexibility index (Phi) is 5.23. The molecular weight excluding hydrogens is 369 g/mol. The van der Waals surface area contributed by atoms with E-state index in [9.17, 15) is 9.18 Å². The lowest BCUT2D eigenvalue weighted by Crippen LogP contribution is -2.42. The largest absolute Gasteiger partial charge is 0.347 e. The number of rotatable bonds is 5. The van der Waals surface area contributed by atoms with Crippen LogP contribution in [0.5, 0.6) is 0 Å².